The molecule has 0 unspecified atom stereocenters. The molecule has 0 bridgehead atoms. The van der Waals surface area contributed by atoms with Gasteiger partial charge >= 0.3 is 0 Å². The SMILES string of the molecule is CCOc1cc(Br)c(CC(=O)Nc2ccc(C)cc2O)cc1OCC. The fourth-order valence-corrected chi connectivity index (χ4v) is 2.83. The molecule has 0 fully saturated rings. The monoisotopic (exact) mass is 407 g/mol. The highest BCUT2D eigenvalue weighted by molar-refractivity contribution is 9.10. The van der Waals surface area contributed by atoms with Gasteiger partial charge in [0.15, 0.2) is 11.5 Å². The third-order valence-corrected chi connectivity index (χ3v) is 4.23. The molecule has 0 saturated heterocycles. The molecule has 2 N–H and O–H groups in total. The van der Waals surface area contributed by atoms with E-state index in [2.05, 4.69) is 21.2 Å². The van der Waals surface area contributed by atoms with Gasteiger partial charge in [-0.2, -0.15) is 0 Å². The predicted molar refractivity (Wildman–Crippen MR) is 102 cm³/mol. The minimum absolute atomic E-state index is 0.0501. The van der Waals surface area contributed by atoms with E-state index in [-0.39, 0.29) is 18.1 Å². The highest BCUT2D eigenvalue weighted by atomic mass is 79.9. The first kappa shape index (κ1) is 19.1. The van der Waals surface area contributed by atoms with Crippen molar-refractivity contribution in [2.24, 2.45) is 0 Å². The zero-order valence-electron chi connectivity index (χ0n) is 14.6. The van der Waals surface area contributed by atoms with Gasteiger partial charge in [0, 0.05) is 4.47 Å². The molecule has 0 radical (unpaired) electrons. The average Bonchev–Trinajstić information content (AvgIpc) is 2.55. The molecular formula is C19H22BrNO4. The summed E-state index contributed by atoms with van der Waals surface area (Å²) in [6, 6.07) is 8.72. The van der Waals surface area contributed by atoms with E-state index in [1.165, 1.54) is 0 Å². The van der Waals surface area contributed by atoms with E-state index in [0.717, 1.165) is 15.6 Å². The van der Waals surface area contributed by atoms with Crippen LogP contribution in [0.1, 0.15) is 25.0 Å². The standard InChI is InChI=1S/C19H22BrNO4/c1-4-24-17-9-13(14(20)11-18(17)25-5-2)10-19(23)21-15-7-6-12(3)8-16(15)22/h6-9,11,22H,4-5,10H2,1-3H3,(H,21,23). The zero-order valence-corrected chi connectivity index (χ0v) is 16.1. The minimum atomic E-state index is -0.230. The van der Waals surface area contributed by atoms with Crippen LogP contribution in [-0.2, 0) is 11.2 Å². The van der Waals surface area contributed by atoms with Crippen molar-refractivity contribution in [2.75, 3.05) is 18.5 Å². The highest BCUT2D eigenvalue weighted by Gasteiger charge is 2.14. The summed E-state index contributed by atoms with van der Waals surface area (Å²) in [7, 11) is 0. The van der Waals surface area contributed by atoms with Crippen molar-refractivity contribution >= 4 is 27.5 Å². The van der Waals surface area contributed by atoms with Gasteiger partial charge in [-0.3, -0.25) is 4.79 Å². The molecule has 0 aromatic heterocycles. The average molecular weight is 408 g/mol. The first-order valence-electron chi connectivity index (χ1n) is 8.12. The van der Waals surface area contributed by atoms with Crippen molar-refractivity contribution < 1.29 is 19.4 Å². The lowest BCUT2D eigenvalue weighted by molar-refractivity contribution is -0.115. The van der Waals surface area contributed by atoms with E-state index in [4.69, 9.17) is 9.47 Å². The highest BCUT2D eigenvalue weighted by Crippen LogP contribution is 2.34. The molecule has 1 amide bonds. The number of phenols is 1. The number of anilines is 1. The van der Waals surface area contributed by atoms with Gasteiger partial charge in [-0.15, -0.1) is 0 Å². The molecule has 0 heterocycles. The Morgan fingerprint density at radius 1 is 1.12 bits per heavy atom. The van der Waals surface area contributed by atoms with Gasteiger partial charge in [0.25, 0.3) is 0 Å². The maximum Gasteiger partial charge on any atom is 0.228 e. The van der Waals surface area contributed by atoms with Crippen molar-refractivity contribution in [3.05, 3.63) is 45.9 Å². The molecule has 0 aliphatic rings. The number of nitrogens with one attached hydrogen (secondary N) is 1. The van der Waals surface area contributed by atoms with Crippen molar-refractivity contribution in [1.29, 1.82) is 0 Å². The summed E-state index contributed by atoms with van der Waals surface area (Å²) < 4.78 is 11.9. The summed E-state index contributed by atoms with van der Waals surface area (Å²) in [5, 5.41) is 12.6. The van der Waals surface area contributed by atoms with Crippen molar-refractivity contribution in [3.8, 4) is 17.2 Å². The van der Waals surface area contributed by atoms with Crippen LogP contribution in [0, 0.1) is 6.92 Å². The predicted octanol–water partition coefficient (Wildman–Crippen LogP) is 4.44. The largest absolute Gasteiger partial charge is 0.506 e. The number of aryl methyl sites for hydroxylation is 1. The first-order chi connectivity index (χ1) is 11.9. The lowest BCUT2D eigenvalue weighted by atomic mass is 10.1. The fraction of sp³-hybridized carbons (Fsp3) is 0.316. The van der Waals surface area contributed by atoms with Gasteiger partial charge in [-0.1, -0.05) is 22.0 Å². The van der Waals surface area contributed by atoms with Gasteiger partial charge in [-0.05, 0) is 56.2 Å². The molecule has 25 heavy (non-hydrogen) atoms. The van der Waals surface area contributed by atoms with Crippen LogP contribution in [0.15, 0.2) is 34.8 Å². The van der Waals surface area contributed by atoms with E-state index >= 15 is 0 Å². The number of phenolic OH excluding ortho intramolecular Hbond substituents is 1. The Morgan fingerprint density at radius 3 is 2.36 bits per heavy atom. The first-order valence-corrected chi connectivity index (χ1v) is 8.91. The molecule has 2 aromatic carbocycles. The molecule has 6 heteroatoms. The number of carbonyl (C=O) groups is 1. The Balaban J connectivity index is 2.17. The van der Waals surface area contributed by atoms with E-state index in [1.54, 1.807) is 24.3 Å². The van der Waals surface area contributed by atoms with Gasteiger partial charge < -0.3 is 19.9 Å². The number of aromatic hydroxyl groups is 1. The number of rotatable bonds is 7. The number of ether oxygens (including phenoxy) is 2. The maximum atomic E-state index is 12.3. The third-order valence-electron chi connectivity index (χ3n) is 3.49. The number of halogens is 1. The molecule has 0 aliphatic carbocycles. The van der Waals surface area contributed by atoms with Crippen LogP contribution in [0.3, 0.4) is 0 Å². The van der Waals surface area contributed by atoms with Crippen molar-refractivity contribution in [1.82, 2.24) is 0 Å². The van der Waals surface area contributed by atoms with E-state index in [1.807, 2.05) is 26.8 Å². The second kappa shape index (κ2) is 8.76. The number of benzene rings is 2. The molecule has 2 rings (SSSR count). The summed E-state index contributed by atoms with van der Waals surface area (Å²) in [5.41, 5.74) is 2.09. The topological polar surface area (TPSA) is 67.8 Å². The molecule has 134 valence electrons. The van der Waals surface area contributed by atoms with Crippen molar-refractivity contribution in [3.63, 3.8) is 0 Å². The van der Waals surface area contributed by atoms with Crippen LogP contribution in [0.4, 0.5) is 5.69 Å². The lowest BCUT2D eigenvalue weighted by Crippen LogP contribution is -2.15. The van der Waals surface area contributed by atoms with Crippen LogP contribution in [0.25, 0.3) is 0 Å². The van der Waals surface area contributed by atoms with Gasteiger partial charge in [0.05, 0.1) is 25.3 Å². The number of amides is 1. The fourth-order valence-electron chi connectivity index (χ4n) is 2.36. The van der Waals surface area contributed by atoms with Crippen molar-refractivity contribution in [2.45, 2.75) is 27.2 Å². The van der Waals surface area contributed by atoms with Crippen LogP contribution in [0.5, 0.6) is 17.2 Å². The molecular weight excluding hydrogens is 386 g/mol. The Kier molecular flexibility index (Phi) is 6.70. The minimum Gasteiger partial charge on any atom is -0.506 e. The number of carbonyl (C=O) groups excluding carboxylic acids is 1. The molecule has 2 aromatic rings. The van der Waals surface area contributed by atoms with Gasteiger partial charge in [-0.25, -0.2) is 0 Å². The Hall–Kier alpha value is -2.21. The Labute approximate surface area is 156 Å². The van der Waals surface area contributed by atoms with E-state index in [0.29, 0.717) is 30.4 Å². The number of hydrogen-bond donors (Lipinski definition) is 2. The van der Waals surface area contributed by atoms with Crippen LogP contribution >= 0.6 is 15.9 Å². The van der Waals surface area contributed by atoms with Crippen LogP contribution in [-0.4, -0.2) is 24.2 Å². The Morgan fingerprint density at radius 2 is 1.76 bits per heavy atom. The second-order valence-corrected chi connectivity index (χ2v) is 6.36. The molecule has 0 spiro atoms. The summed E-state index contributed by atoms with van der Waals surface area (Å²) in [6.07, 6.45) is 0.139. The van der Waals surface area contributed by atoms with E-state index < -0.39 is 0 Å². The molecule has 0 aliphatic heterocycles. The van der Waals surface area contributed by atoms with Crippen LogP contribution in [0.2, 0.25) is 0 Å². The quantitative estimate of drug-likeness (QED) is 0.665. The molecule has 0 atom stereocenters. The summed E-state index contributed by atoms with van der Waals surface area (Å²) in [4.78, 5) is 12.3. The van der Waals surface area contributed by atoms with Gasteiger partial charge in [0.2, 0.25) is 5.91 Å². The molecule has 0 saturated carbocycles. The number of hydrogen-bond acceptors (Lipinski definition) is 4. The van der Waals surface area contributed by atoms with Crippen LogP contribution < -0.4 is 14.8 Å². The summed E-state index contributed by atoms with van der Waals surface area (Å²) in [5.74, 6) is 1.06. The smallest absolute Gasteiger partial charge is 0.228 e. The summed E-state index contributed by atoms with van der Waals surface area (Å²) >= 11 is 3.48. The van der Waals surface area contributed by atoms with Gasteiger partial charge in [0.1, 0.15) is 5.75 Å². The normalized spacial score (nSPS) is 10.4. The Bertz CT molecular complexity index is 761. The summed E-state index contributed by atoms with van der Waals surface area (Å²) in [6.45, 7) is 6.70. The maximum absolute atomic E-state index is 12.3. The second-order valence-electron chi connectivity index (χ2n) is 5.50. The lowest BCUT2D eigenvalue weighted by Gasteiger charge is -2.14. The third kappa shape index (κ3) is 5.13. The zero-order chi connectivity index (χ0) is 18.4. The molecule has 5 nitrogen and oxygen atoms in total. The van der Waals surface area contributed by atoms with E-state index in [9.17, 15) is 9.90 Å².